The smallest absolute Gasteiger partial charge is 0.306 e. The van der Waals surface area contributed by atoms with Crippen molar-refractivity contribution in [1.29, 1.82) is 0 Å². The second-order valence-corrected chi connectivity index (χ2v) is 6.92. The van der Waals surface area contributed by atoms with Gasteiger partial charge in [-0.2, -0.15) is 13.2 Å². The zero-order valence-corrected chi connectivity index (χ0v) is 13.4. The van der Waals surface area contributed by atoms with Crippen molar-refractivity contribution in [3.63, 3.8) is 0 Å². The first kappa shape index (κ1) is 16.2. The molecule has 4 rings (SSSR count). The summed E-state index contributed by atoms with van der Waals surface area (Å²) in [6, 6.07) is 3.85. The number of piperidine rings is 1. The van der Waals surface area contributed by atoms with Crippen LogP contribution in [0.15, 0.2) is 36.9 Å². The third-order valence-electron chi connectivity index (χ3n) is 5.73. The van der Waals surface area contributed by atoms with Crippen molar-refractivity contribution in [3.05, 3.63) is 42.5 Å². The molecular formula is C18H17F3N2O2. The van der Waals surface area contributed by atoms with Crippen LogP contribution in [0.1, 0.15) is 31.2 Å². The lowest BCUT2D eigenvalue weighted by Crippen LogP contribution is -2.53. The molecule has 3 amide bonds. The standard InChI is InChI=1S/C18H17F3N2O2/c1-2-8-17-11-6-7-14(9-11)23(17)16(25)22(15(17)24)13-5-3-4-12(10-13)18(19,20)21/h2-5,10-11,14H,1,6-9H2/t11-,14+,17-/m1/s1. The van der Waals surface area contributed by atoms with Gasteiger partial charge in [-0.15, -0.1) is 6.58 Å². The number of imide groups is 1. The minimum atomic E-state index is -4.53. The highest BCUT2D eigenvalue weighted by molar-refractivity contribution is 6.24. The molecule has 4 nitrogen and oxygen atoms in total. The van der Waals surface area contributed by atoms with E-state index in [0.717, 1.165) is 36.3 Å². The summed E-state index contributed by atoms with van der Waals surface area (Å²) in [5, 5.41) is 0. The van der Waals surface area contributed by atoms with Crippen LogP contribution in [-0.2, 0) is 11.0 Å². The van der Waals surface area contributed by atoms with Gasteiger partial charge in [0.05, 0.1) is 11.3 Å². The van der Waals surface area contributed by atoms with Gasteiger partial charge in [-0.05, 0) is 49.8 Å². The van der Waals surface area contributed by atoms with Crippen molar-refractivity contribution in [2.45, 2.75) is 43.4 Å². The fourth-order valence-corrected chi connectivity index (χ4v) is 4.76. The van der Waals surface area contributed by atoms with Crippen molar-refractivity contribution in [1.82, 2.24) is 4.90 Å². The molecule has 2 saturated heterocycles. The number of nitrogens with zero attached hydrogens (tertiary/aromatic N) is 2. The van der Waals surface area contributed by atoms with E-state index in [9.17, 15) is 22.8 Å². The first-order chi connectivity index (χ1) is 11.8. The van der Waals surface area contributed by atoms with Crippen LogP contribution in [0.25, 0.3) is 0 Å². The van der Waals surface area contributed by atoms with E-state index in [-0.39, 0.29) is 17.6 Å². The summed E-state index contributed by atoms with van der Waals surface area (Å²) in [5.74, 6) is -0.383. The minimum Gasteiger partial charge on any atom is -0.306 e. The summed E-state index contributed by atoms with van der Waals surface area (Å²) in [4.78, 5) is 28.7. The molecule has 2 bridgehead atoms. The number of carbonyl (C=O) groups excluding carboxylic acids is 2. The first-order valence-electron chi connectivity index (χ1n) is 8.26. The Morgan fingerprint density at radius 1 is 1.28 bits per heavy atom. The van der Waals surface area contributed by atoms with E-state index in [2.05, 4.69) is 6.58 Å². The molecule has 0 unspecified atom stereocenters. The Labute approximate surface area is 142 Å². The van der Waals surface area contributed by atoms with Crippen molar-refractivity contribution in [2.75, 3.05) is 4.90 Å². The number of hydrogen-bond donors (Lipinski definition) is 0. The molecule has 0 aromatic heterocycles. The number of fused-ring (bicyclic) bond motifs is 5. The minimum absolute atomic E-state index is 0.0165. The Morgan fingerprint density at radius 2 is 2.04 bits per heavy atom. The molecule has 132 valence electrons. The molecule has 1 saturated carbocycles. The number of urea groups is 1. The third-order valence-corrected chi connectivity index (χ3v) is 5.73. The van der Waals surface area contributed by atoms with E-state index >= 15 is 0 Å². The summed E-state index contributed by atoms with van der Waals surface area (Å²) in [6.45, 7) is 3.71. The highest BCUT2D eigenvalue weighted by atomic mass is 19.4. The number of alkyl halides is 3. The third kappa shape index (κ3) is 2.01. The summed E-state index contributed by atoms with van der Waals surface area (Å²) in [6.07, 6.45) is -0.121. The first-order valence-corrected chi connectivity index (χ1v) is 8.26. The van der Waals surface area contributed by atoms with Gasteiger partial charge in [-0.1, -0.05) is 12.1 Å². The van der Waals surface area contributed by atoms with Gasteiger partial charge in [0.2, 0.25) is 0 Å². The predicted octanol–water partition coefficient (Wildman–Crippen LogP) is 3.97. The van der Waals surface area contributed by atoms with E-state index in [4.69, 9.17) is 0 Å². The molecule has 0 N–H and O–H groups in total. The molecular weight excluding hydrogens is 333 g/mol. The van der Waals surface area contributed by atoms with Crippen molar-refractivity contribution in [2.24, 2.45) is 5.92 Å². The number of anilines is 1. The van der Waals surface area contributed by atoms with Gasteiger partial charge in [-0.3, -0.25) is 4.79 Å². The largest absolute Gasteiger partial charge is 0.416 e. The van der Waals surface area contributed by atoms with Crippen molar-refractivity contribution >= 4 is 17.6 Å². The average Bonchev–Trinajstić information content (AvgIpc) is 3.20. The van der Waals surface area contributed by atoms with Gasteiger partial charge in [0.25, 0.3) is 5.91 Å². The highest BCUT2D eigenvalue weighted by Crippen LogP contribution is 2.55. The van der Waals surface area contributed by atoms with Gasteiger partial charge in [0.1, 0.15) is 5.54 Å². The zero-order valence-electron chi connectivity index (χ0n) is 13.4. The van der Waals surface area contributed by atoms with Gasteiger partial charge in [0.15, 0.2) is 0 Å². The fraction of sp³-hybridized carbons (Fsp3) is 0.444. The maximum absolute atomic E-state index is 13.2. The van der Waals surface area contributed by atoms with E-state index in [1.54, 1.807) is 11.0 Å². The monoisotopic (exact) mass is 350 g/mol. The Bertz CT molecular complexity index is 776. The maximum atomic E-state index is 13.2. The number of halogens is 3. The molecule has 25 heavy (non-hydrogen) atoms. The average molecular weight is 350 g/mol. The van der Waals surface area contributed by atoms with Crippen LogP contribution in [0.3, 0.4) is 0 Å². The summed E-state index contributed by atoms with van der Waals surface area (Å²) >= 11 is 0. The van der Waals surface area contributed by atoms with Gasteiger partial charge in [-0.25, -0.2) is 9.69 Å². The number of benzene rings is 1. The molecule has 1 aromatic carbocycles. The van der Waals surface area contributed by atoms with Crippen LogP contribution in [0, 0.1) is 5.92 Å². The molecule has 2 aliphatic heterocycles. The van der Waals surface area contributed by atoms with Crippen molar-refractivity contribution in [3.8, 4) is 0 Å². The van der Waals surface area contributed by atoms with Gasteiger partial charge >= 0.3 is 12.2 Å². The van der Waals surface area contributed by atoms with Crippen LogP contribution >= 0.6 is 0 Å². The summed E-state index contributed by atoms with van der Waals surface area (Å²) < 4.78 is 39.0. The van der Waals surface area contributed by atoms with E-state index in [0.29, 0.717) is 6.42 Å². The van der Waals surface area contributed by atoms with Crippen LogP contribution in [0.2, 0.25) is 0 Å². The second kappa shape index (κ2) is 5.09. The molecule has 3 fully saturated rings. The van der Waals surface area contributed by atoms with E-state index in [1.165, 1.54) is 12.1 Å². The maximum Gasteiger partial charge on any atom is 0.416 e. The molecule has 1 aromatic rings. The molecule has 3 atom stereocenters. The SMILES string of the molecule is C=CC[C@@]12C(=O)N(c3cccc(C(F)(F)F)c3)C(=O)N1[C@H]1CC[C@@H]2C1. The molecule has 7 heteroatoms. The number of hydrogen-bond acceptors (Lipinski definition) is 2. The highest BCUT2D eigenvalue weighted by Gasteiger charge is 2.68. The lowest BCUT2D eigenvalue weighted by molar-refractivity contribution is -0.137. The van der Waals surface area contributed by atoms with Gasteiger partial charge in [0, 0.05) is 6.04 Å². The Kier molecular flexibility index (Phi) is 3.30. The zero-order chi connectivity index (χ0) is 18.0. The predicted molar refractivity (Wildman–Crippen MR) is 84.8 cm³/mol. The molecule has 1 aliphatic carbocycles. The molecule has 3 aliphatic rings. The molecule has 2 heterocycles. The van der Waals surface area contributed by atoms with Crippen LogP contribution in [0.5, 0.6) is 0 Å². The Balaban J connectivity index is 1.79. The topological polar surface area (TPSA) is 40.6 Å². The van der Waals surface area contributed by atoms with Crippen LogP contribution in [0.4, 0.5) is 23.7 Å². The molecule has 0 radical (unpaired) electrons. The number of amides is 3. The lowest BCUT2D eigenvalue weighted by Gasteiger charge is -2.37. The van der Waals surface area contributed by atoms with Gasteiger partial charge < -0.3 is 4.90 Å². The second-order valence-electron chi connectivity index (χ2n) is 6.92. The fourth-order valence-electron chi connectivity index (χ4n) is 4.76. The number of carbonyl (C=O) groups is 2. The summed E-state index contributed by atoms with van der Waals surface area (Å²) in [5.41, 5.74) is -1.88. The normalized spacial score (nSPS) is 31.0. The molecule has 0 spiro atoms. The lowest BCUT2D eigenvalue weighted by atomic mass is 9.80. The van der Waals surface area contributed by atoms with E-state index in [1.807, 2.05) is 0 Å². The Hall–Kier alpha value is -2.31. The quantitative estimate of drug-likeness (QED) is 0.611. The van der Waals surface area contributed by atoms with Crippen LogP contribution in [-0.4, -0.2) is 28.4 Å². The summed E-state index contributed by atoms with van der Waals surface area (Å²) in [7, 11) is 0. The van der Waals surface area contributed by atoms with Crippen LogP contribution < -0.4 is 4.90 Å². The van der Waals surface area contributed by atoms with E-state index < -0.39 is 29.2 Å². The van der Waals surface area contributed by atoms with Crippen molar-refractivity contribution < 1.29 is 22.8 Å². The Morgan fingerprint density at radius 3 is 2.72 bits per heavy atom. The number of rotatable bonds is 3.